The second kappa shape index (κ2) is 8.15. The van der Waals surface area contributed by atoms with Crippen LogP contribution < -0.4 is 9.80 Å². The summed E-state index contributed by atoms with van der Waals surface area (Å²) in [5, 5.41) is 9.44. The van der Waals surface area contributed by atoms with Crippen molar-refractivity contribution in [3.8, 4) is 5.75 Å². The average Bonchev–Trinajstić information content (AvgIpc) is 2.66. The summed E-state index contributed by atoms with van der Waals surface area (Å²) in [5.41, 5.74) is 1.60. The van der Waals surface area contributed by atoms with Gasteiger partial charge in [-0.05, 0) is 48.9 Å². The van der Waals surface area contributed by atoms with Crippen molar-refractivity contribution in [1.29, 1.82) is 0 Å². The van der Waals surface area contributed by atoms with E-state index in [2.05, 4.69) is 6.92 Å². The Balaban J connectivity index is 1.70. The molecule has 5 heteroatoms. The number of phenolic OH excluding ortho intramolecular Hbond substituents is 1. The summed E-state index contributed by atoms with van der Waals surface area (Å²) in [4.78, 5) is 15.9. The van der Waals surface area contributed by atoms with Gasteiger partial charge < -0.3 is 14.9 Å². The molecular weight excluding hydrogens is 331 g/mol. The van der Waals surface area contributed by atoms with Crippen LogP contribution in [0, 0.1) is 5.82 Å². The zero-order valence-corrected chi connectivity index (χ0v) is 14.9. The lowest BCUT2D eigenvalue weighted by Gasteiger charge is -2.33. The molecule has 0 atom stereocenters. The molecule has 0 bridgehead atoms. The maximum atomic E-state index is 14.5. The maximum absolute atomic E-state index is 14.5. The molecule has 0 spiro atoms. The summed E-state index contributed by atoms with van der Waals surface area (Å²) in [6, 6.07) is 11.3. The Bertz CT molecular complexity index is 811. The van der Waals surface area contributed by atoms with E-state index in [4.69, 9.17) is 0 Å². The monoisotopic (exact) mass is 355 g/mol. The van der Waals surface area contributed by atoms with Crippen LogP contribution in [0.4, 0.5) is 10.1 Å². The summed E-state index contributed by atoms with van der Waals surface area (Å²) in [6.45, 7) is 6.91. The van der Waals surface area contributed by atoms with Crippen molar-refractivity contribution < 1.29 is 19.2 Å². The lowest BCUT2D eigenvalue weighted by molar-refractivity contribution is -0.898. The predicted molar refractivity (Wildman–Crippen MR) is 101 cm³/mol. The minimum atomic E-state index is -0.360. The van der Waals surface area contributed by atoms with Gasteiger partial charge in [0.2, 0.25) is 0 Å². The maximum Gasteiger partial charge on any atom is 0.185 e. The number of anilines is 1. The van der Waals surface area contributed by atoms with Gasteiger partial charge in [0.1, 0.15) is 11.6 Å². The zero-order valence-electron chi connectivity index (χ0n) is 14.9. The van der Waals surface area contributed by atoms with E-state index < -0.39 is 0 Å². The fraction of sp³-hybridized carbons (Fsp3) is 0.286. The van der Waals surface area contributed by atoms with Crippen LogP contribution in [-0.4, -0.2) is 43.6 Å². The molecule has 136 valence electrons. The van der Waals surface area contributed by atoms with Gasteiger partial charge in [-0.25, -0.2) is 4.39 Å². The number of aromatic hydroxyl groups is 1. The zero-order chi connectivity index (χ0) is 18.5. The molecular formula is C21H24FN2O2+. The molecule has 26 heavy (non-hydrogen) atoms. The van der Waals surface area contributed by atoms with Crippen LogP contribution in [0.1, 0.15) is 22.8 Å². The number of hydrogen-bond donors (Lipinski definition) is 2. The quantitative estimate of drug-likeness (QED) is 0.638. The molecule has 0 aliphatic carbocycles. The number of carbonyl (C=O) groups is 1. The number of likely N-dealkylation sites (N-methyl/N-ethyl adjacent to an activating group) is 1. The molecule has 1 heterocycles. The molecule has 2 aromatic carbocycles. The first kappa shape index (κ1) is 18.1. The lowest BCUT2D eigenvalue weighted by Crippen LogP contribution is -3.14. The summed E-state index contributed by atoms with van der Waals surface area (Å²) in [7, 11) is 0. The average molecular weight is 355 g/mol. The first-order valence-corrected chi connectivity index (χ1v) is 8.96. The van der Waals surface area contributed by atoms with Gasteiger partial charge in [-0.2, -0.15) is 0 Å². The number of benzene rings is 2. The fourth-order valence-electron chi connectivity index (χ4n) is 3.23. The van der Waals surface area contributed by atoms with E-state index in [0.717, 1.165) is 32.7 Å². The standard InChI is InChI=1S/C21H23FN2O2/c1-2-23-10-12-24(13-11-23)20-8-7-17(15-19(20)22)21(26)9-6-16-4-3-5-18(25)14-16/h3-9,14-15,25H,2,10-13H2,1H3/p+1/b9-6+. The number of nitrogens with one attached hydrogen (secondary N) is 1. The number of carbonyl (C=O) groups excluding carboxylic acids is 1. The van der Waals surface area contributed by atoms with Crippen LogP contribution in [-0.2, 0) is 0 Å². The predicted octanol–water partition coefficient (Wildman–Crippen LogP) is 2.15. The van der Waals surface area contributed by atoms with Crippen molar-refractivity contribution >= 4 is 17.5 Å². The van der Waals surface area contributed by atoms with Crippen molar-refractivity contribution in [3.05, 3.63) is 65.5 Å². The molecule has 3 rings (SSSR count). The van der Waals surface area contributed by atoms with Gasteiger partial charge in [-0.3, -0.25) is 4.79 Å². The van der Waals surface area contributed by atoms with Gasteiger partial charge in [-0.1, -0.05) is 18.2 Å². The number of ketones is 1. The highest BCUT2D eigenvalue weighted by Crippen LogP contribution is 2.21. The molecule has 2 aromatic rings. The highest BCUT2D eigenvalue weighted by Gasteiger charge is 2.21. The van der Waals surface area contributed by atoms with E-state index >= 15 is 0 Å². The summed E-state index contributed by atoms with van der Waals surface area (Å²) < 4.78 is 14.5. The molecule has 2 N–H and O–H groups in total. The molecule has 1 aliphatic rings. The minimum Gasteiger partial charge on any atom is -0.508 e. The van der Waals surface area contributed by atoms with E-state index in [9.17, 15) is 14.3 Å². The first-order valence-electron chi connectivity index (χ1n) is 8.96. The second-order valence-corrected chi connectivity index (χ2v) is 6.55. The van der Waals surface area contributed by atoms with E-state index in [1.54, 1.807) is 42.5 Å². The molecule has 0 amide bonds. The van der Waals surface area contributed by atoms with E-state index in [-0.39, 0.29) is 17.3 Å². The molecule has 0 unspecified atom stereocenters. The third kappa shape index (κ3) is 4.29. The van der Waals surface area contributed by atoms with Gasteiger partial charge >= 0.3 is 0 Å². The number of allylic oxidation sites excluding steroid dienone is 1. The number of quaternary nitrogens is 1. The van der Waals surface area contributed by atoms with E-state index in [1.807, 2.05) is 4.90 Å². The van der Waals surface area contributed by atoms with E-state index in [1.165, 1.54) is 17.0 Å². The normalized spacial score (nSPS) is 15.5. The summed E-state index contributed by atoms with van der Waals surface area (Å²) in [6.07, 6.45) is 3.01. The molecule has 4 nitrogen and oxygen atoms in total. The van der Waals surface area contributed by atoms with Crippen LogP contribution in [0.15, 0.2) is 48.5 Å². The van der Waals surface area contributed by atoms with Crippen molar-refractivity contribution in [2.45, 2.75) is 6.92 Å². The van der Waals surface area contributed by atoms with Gasteiger partial charge in [0.25, 0.3) is 0 Å². The van der Waals surface area contributed by atoms with Crippen LogP contribution in [0.3, 0.4) is 0 Å². The van der Waals surface area contributed by atoms with Crippen LogP contribution in [0.2, 0.25) is 0 Å². The van der Waals surface area contributed by atoms with Crippen molar-refractivity contribution in [2.24, 2.45) is 0 Å². The smallest absolute Gasteiger partial charge is 0.185 e. The molecule has 1 fully saturated rings. The Hall–Kier alpha value is -2.66. The van der Waals surface area contributed by atoms with Crippen molar-refractivity contribution in [3.63, 3.8) is 0 Å². The Morgan fingerprint density at radius 3 is 2.65 bits per heavy atom. The Labute approximate surface area is 153 Å². The van der Waals surface area contributed by atoms with Gasteiger partial charge in [0.15, 0.2) is 5.78 Å². The molecule has 0 saturated carbocycles. The van der Waals surface area contributed by atoms with Crippen LogP contribution in [0.5, 0.6) is 5.75 Å². The van der Waals surface area contributed by atoms with Gasteiger partial charge in [-0.15, -0.1) is 0 Å². The Morgan fingerprint density at radius 2 is 2.00 bits per heavy atom. The second-order valence-electron chi connectivity index (χ2n) is 6.55. The van der Waals surface area contributed by atoms with Crippen molar-refractivity contribution in [1.82, 2.24) is 0 Å². The fourth-order valence-corrected chi connectivity index (χ4v) is 3.23. The first-order chi connectivity index (χ1) is 12.6. The minimum absolute atomic E-state index is 0.139. The van der Waals surface area contributed by atoms with Gasteiger partial charge in [0.05, 0.1) is 38.4 Å². The van der Waals surface area contributed by atoms with Crippen LogP contribution in [0.25, 0.3) is 6.08 Å². The number of nitrogens with zero attached hydrogens (tertiary/aromatic N) is 1. The highest BCUT2D eigenvalue weighted by atomic mass is 19.1. The number of phenols is 1. The molecule has 0 aromatic heterocycles. The topological polar surface area (TPSA) is 45.0 Å². The highest BCUT2D eigenvalue weighted by molar-refractivity contribution is 6.07. The summed E-state index contributed by atoms with van der Waals surface area (Å²) in [5.74, 6) is -0.486. The molecule has 0 radical (unpaired) electrons. The largest absolute Gasteiger partial charge is 0.508 e. The van der Waals surface area contributed by atoms with Crippen molar-refractivity contribution in [2.75, 3.05) is 37.6 Å². The molecule has 1 aliphatic heterocycles. The van der Waals surface area contributed by atoms with Crippen LogP contribution >= 0.6 is 0 Å². The number of halogens is 1. The number of piperazine rings is 1. The number of rotatable bonds is 5. The number of hydrogen-bond acceptors (Lipinski definition) is 3. The van der Waals surface area contributed by atoms with Gasteiger partial charge in [0, 0.05) is 5.56 Å². The Morgan fingerprint density at radius 1 is 1.23 bits per heavy atom. The lowest BCUT2D eigenvalue weighted by atomic mass is 10.1. The third-order valence-corrected chi connectivity index (χ3v) is 4.84. The summed E-state index contributed by atoms with van der Waals surface area (Å²) >= 11 is 0. The third-order valence-electron chi connectivity index (χ3n) is 4.84. The van der Waals surface area contributed by atoms with E-state index in [0.29, 0.717) is 16.8 Å². The molecule has 1 saturated heterocycles. The Kier molecular flexibility index (Phi) is 5.68. The SMILES string of the molecule is CC[NH+]1CCN(c2ccc(C(=O)/C=C/c3cccc(O)c3)cc2F)CC1.